The second-order valence-electron chi connectivity index (χ2n) is 3.49. The summed E-state index contributed by atoms with van der Waals surface area (Å²) in [4.78, 5) is 27.0. The first-order valence-electron chi connectivity index (χ1n) is 5.24. The Morgan fingerprint density at radius 3 is 2.47 bits per heavy atom. The van der Waals surface area contributed by atoms with Crippen LogP contribution in [0.3, 0.4) is 0 Å². The van der Waals surface area contributed by atoms with Gasteiger partial charge in [0.25, 0.3) is 5.91 Å². The minimum Gasteiger partial charge on any atom is -0.373 e. The second-order valence-corrected chi connectivity index (χ2v) is 3.49. The molecule has 1 aromatic rings. The molecule has 1 aromatic heterocycles. The topological polar surface area (TPSA) is 83.1 Å². The number of hydrogen-bond acceptors (Lipinski definition) is 4. The van der Waals surface area contributed by atoms with E-state index < -0.39 is 6.04 Å². The molecule has 0 aliphatic rings. The maximum absolute atomic E-state index is 11.7. The molecule has 0 spiro atoms. The Hall–Kier alpha value is -2.11. The number of carbonyl (C=O) groups is 2. The highest BCUT2D eigenvalue weighted by molar-refractivity contribution is 5.97. The maximum Gasteiger partial charge on any atom is 0.253 e. The lowest BCUT2D eigenvalue weighted by Gasteiger charge is -2.12. The van der Waals surface area contributed by atoms with Crippen molar-refractivity contribution in [3.63, 3.8) is 0 Å². The molecule has 0 fully saturated rings. The van der Waals surface area contributed by atoms with Gasteiger partial charge in [-0.05, 0) is 19.1 Å². The predicted octanol–water partition coefficient (Wildman–Crippen LogP) is -0.0124. The highest BCUT2D eigenvalue weighted by Crippen LogP contribution is 2.04. The number of pyridine rings is 1. The molecular weight excluding hydrogens is 220 g/mol. The highest BCUT2D eigenvalue weighted by Gasteiger charge is 2.15. The van der Waals surface area contributed by atoms with E-state index in [-0.39, 0.29) is 11.8 Å². The fraction of sp³-hybridized carbons (Fsp3) is 0.364. The Balaban J connectivity index is 2.66. The van der Waals surface area contributed by atoms with Crippen molar-refractivity contribution in [2.75, 3.05) is 19.4 Å². The lowest BCUT2D eigenvalue weighted by Crippen LogP contribution is -2.43. The summed E-state index contributed by atoms with van der Waals surface area (Å²) in [5.41, 5.74) is 0.416. The van der Waals surface area contributed by atoms with E-state index in [4.69, 9.17) is 0 Å². The van der Waals surface area contributed by atoms with E-state index in [9.17, 15) is 9.59 Å². The van der Waals surface area contributed by atoms with Gasteiger partial charge in [0.2, 0.25) is 5.91 Å². The smallest absolute Gasteiger partial charge is 0.253 e. The standard InChI is InChI=1S/C11H16N4O2/c1-7(10(16)13-3)15-11(17)8-4-5-9(12-2)14-6-8/h4-7H,1-3H3,(H,12,14)(H,13,16)(H,15,17). The van der Waals surface area contributed by atoms with Crippen LogP contribution in [-0.2, 0) is 4.79 Å². The van der Waals surface area contributed by atoms with E-state index in [1.165, 1.54) is 13.2 Å². The van der Waals surface area contributed by atoms with Crippen LogP contribution in [0.25, 0.3) is 0 Å². The molecule has 1 atom stereocenters. The zero-order chi connectivity index (χ0) is 12.8. The minimum atomic E-state index is -0.573. The second kappa shape index (κ2) is 5.83. The number of nitrogens with one attached hydrogen (secondary N) is 3. The Bertz CT molecular complexity index is 402. The predicted molar refractivity (Wildman–Crippen MR) is 64.8 cm³/mol. The van der Waals surface area contributed by atoms with E-state index >= 15 is 0 Å². The van der Waals surface area contributed by atoms with Crippen LogP contribution in [0.5, 0.6) is 0 Å². The van der Waals surface area contributed by atoms with Crippen LogP contribution >= 0.6 is 0 Å². The molecule has 0 aromatic carbocycles. The monoisotopic (exact) mass is 236 g/mol. The van der Waals surface area contributed by atoms with Gasteiger partial charge in [0.15, 0.2) is 0 Å². The van der Waals surface area contributed by atoms with Crippen molar-refractivity contribution >= 4 is 17.6 Å². The fourth-order valence-electron chi connectivity index (χ4n) is 1.24. The minimum absolute atomic E-state index is 0.238. The number of amides is 2. The Labute approximate surface area is 99.8 Å². The average molecular weight is 236 g/mol. The van der Waals surface area contributed by atoms with Gasteiger partial charge in [-0.25, -0.2) is 4.98 Å². The van der Waals surface area contributed by atoms with Crippen LogP contribution in [-0.4, -0.2) is 36.9 Å². The van der Waals surface area contributed by atoms with Crippen molar-refractivity contribution in [2.45, 2.75) is 13.0 Å². The van der Waals surface area contributed by atoms with Crippen LogP contribution < -0.4 is 16.0 Å². The zero-order valence-corrected chi connectivity index (χ0v) is 10.1. The van der Waals surface area contributed by atoms with Crippen molar-refractivity contribution in [1.29, 1.82) is 0 Å². The summed E-state index contributed by atoms with van der Waals surface area (Å²) in [6, 6.07) is 2.76. The number of nitrogens with zero attached hydrogens (tertiary/aromatic N) is 1. The molecular formula is C11H16N4O2. The Morgan fingerprint density at radius 1 is 1.29 bits per heavy atom. The molecule has 6 heteroatoms. The van der Waals surface area contributed by atoms with Gasteiger partial charge in [0, 0.05) is 20.3 Å². The normalized spacial score (nSPS) is 11.5. The van der Waals surface area contributed by atoms with Crippen LogP contribution in [0.4, 0.5) is 5.82 Å². The number of hydrogen-bond donors (Lipinski definition) is 3. The molecule has 92 valence electrons. The van der Waals surface area contributed by atoms with Crippen molar-refractivity contribution in [3.8, 4) is 0 Å². The summed E-state index contributed by atoms with van der Waals surface area (Å²) in [7, 11) is 3.27. The molecule has 0 radical (unpaired) electrons. The third-order valence-corrected chi connectivity index (χ3v) is 2.27. The van der Waals surface area contributed by atoms with Crippen molar-refractivity contribution in [1.82, 2.24) is 15.6 Å². The summed E-state index contributed by atoms with van der Waals surface area (Å²) in [6.07, 6.45) is 1.46. The van der Waals surface area contributed by atoms with Crippen LogP contribution in [0.2, 0.25) is 0 Å². The lowest BCUT2D eigenvalue weighted by atomic mass is 10.2. The number of carbonyl (C=O) groups excluding carboxylic acids is 2. The van der Waals surface area contributed by atoms with E-state index in [0.29, 0.717) is 11.4 Å². The van der Waals surface area contributed by atoms with E-state index in [1.807, 2.05) is 0 Å². The molecule has 0 saturated carbocycles. The van der Waals surface area contributed by atoms with Gasteiger partial charge in [-0.15, -0.1) is 0 Å². The Kier molecular flexibility index (Phi) is 4.45. The van der Waals surface area contributed by atoms with Crippen molar-refractivity contribution in [2.24, 2.45) is 0 Å². The number of aromatic nitrogens is 1. The summed E-state index contributed by atoms with van der Waals surface area (Å²) in [5.74, 6) is 0.121. The number of rotatable bonds is 4. The lowest BCUT2D eigenvalue weighted by molar-refractivity contribution is -0.122. The van der Waals surface area contributed by atoms with Gasteiger partial charge < -0.3 is 16.0 Å². The molecule has 0 aliphatic heterocycles. The molecule has 0 saturated heterocycles. The molecule has 3 N–H and O–H groups in total. The van der Waals surface area contributed by atoms with E-state index in [1.54, 1.807) is 26.1 Å². The zero-order valence-electron chi connectivity index (χ0n) is 10.1. The number of likely N-dealkylation sites (N-methyl/N-ethyl adjacent to an activating group) is 1. The Morgan fingerprint density at radius 2 is 2.00 bits per heavy atom. The maximum atomic E-state index is 11.7. The highest BCUT2D eigenvalue weighted by atomic mass is 16.2. The summed E-state index contributed by atoms with van der Waals surface area (Å²) in [6.45, 7) is 1.62. The van der Waals surface area contributed by atoms with E-state index in [2.05, 4.69) is 20.9 Å². The van der Waals surface area contributed by atoms with E-state index in [0.717, 1.165) is 0 Å². The largest absolute Gasteiger partial charge is 0.373 e. The summed E-state index contributed by atoms with van der Waals surface area (Å²) < 4.78 is 0. The quantitative estimate of drug-likeness (QED) is 0.686. The van der Waals surface area contributed by atoms with Crippen molar-refractivity contribution in [3.05, 3.63) is 23.9 Å². The molecule has 6 nitrogen and oxygen atoms in total. The van der Waals surface area contributed by atoms with Gasteiger partial charge >= 0.3 is 0 Å². The molecule has 1 unspecified atom stereocenters. The fourth-order valence-corrected chi connectivity index (χ4v) is 1.24. The van der Waals surface area contributed by atoms with Crippen LogP contribution in [0.15, 0.2) is 18.3 Å². The molecule has 17 heavy (non-hydrogen) atoms. The van der Waals surface area contributed by atoms with Gasteiger partial charge in [-0.3, -0.25) is 9.59 Å². The first-order chi connectivity index (χ1) is 8.08. The molecule has 0 bridgehead atoms. The average Bonchev–Trinajstić information content (AvgIpc) is 2.37. The summed E-state index contributed by atoms with van der Waals surface area (Å²) in [5, 5.41) is 7.89. The first kappa shape index (κ1) is 13.0. The van der Waals surface area contributed by atoms with Gasteiger partial charge in [-0.1, -0.05) is 0 Å². The first-order valence-corrected chi connectivity index (χ1v) is 5.24. The third kappa shape index (κ3) is 3.44. The van der Waals surface area contributed by atoms with Gasteiger partial charge in [0.05, 0.1) is 5.56 Å². The van der Waals surface area contributed by atoms with Crippen LogP contribution in [0, 0.1) is 0 Å². The number of anilines is 1. The third-order valence-electron chi connectivity index (χ3n) is 2.27. The van der Waals surface area contributed by atoms with Crippen molar-refractivity contribution < 1.29 is 9.59 Å². The van der Waals surface area contributed by atoms with Crippen LogP contribution in [0.1, 0.15) is 17.3 Å². The molecule has 1 rings (SSSR count). The SMILES string of the molecule is CNC(=O)C(C)NC(=O)c1ccc(NC)nc1. The molecule has 1 heterocycles. The van der Waals surface area contributed by atoms with Gasteiger partial charge in [0.1, 0.15) is 11.9 Å². The molecule has 2 amide bonds. The molecule has 0 aliphatic carbocycles. The summed E-state index contributed by atoms with van der Waals surface area (Å²) >= 11 is 0. The van der Waals surface area contributed by atoms with Gasteiger partial charge in [-0.2, -0.15) is 0 Å².